The van der Waals surface area contributed by atoms with Gasteiger partial charge < -0.3 is 54.7 Å². The Morgan fingerprint density at radius 2 is 1.09 bits per heavy atom. The van der Waals surface area contributed by atoms with Crippen molar-refractivity contribution >= 4 is 0 Å². The van der Waals surface area contributed by atoms with E-state index in [9.17, 15) is 35.7 Å². The highest BCUT2D eigenvalue weighted by Crippen LogP contribution is 2.29. The quantitative estimate of drug-likeness (QED) is 0.134. The van der Waals surface area contributed by atoms with Gasteiger partial charge >= 0.3 is 0 Å². The van der Waals surface area contributed by atoms with E-state index < -0.39 is 74.6 Å². The maximum absolute atomic E-state index is 10.6. The van der Waals surface area contributed by atoms with Crippen LogP contribution in [0.15, 0.2) is 0 Å². The molecule has 0 amide bonds. The third-order valence-corrected chi connectivity index (χ3v) is 6.74. The normalized spacial score (nSPS) is 38.1. The lowest BCUT2D eigenvalue weighted by atomic mass is 9.97. The Morgan fingerprint density at radius 3 is 1.66 bits per heavy atom. The smallest absolute Gasteiger partial charge is 0.187 e. The summed E-state index contributed by atoms with van der Waals surface area (Å²) in [6.07, 6.45) is -2.63. The van der Waals surface area contributed by atoms with E-state index in [1.54, 1.807) is 0 Å². The summed E-state index contributed by atoms with van der Waals surface area (Å²) in [5.74, 6) is 0. The predicted octanol–water partition coefficient (Wildman–Crippen LogP) is -0.452. The lowest BCUT2D eigenvalue weighted by Gasteiger charge is -2.45. The van der Waals surface area contributed by atoms with Gasteiger partial charge in [-0.15, -0.1) is 0 Å². The van der Waals surface area contributed by atoms with E-state index in [1.165, 1.54) is 44.9 Å². The number of aliphatic hydroxyl groups excluding tert-OH is 7. The Kier molecular flexibility index (Phi) is 14.4. The van der Waals surface area contributed by atoms with Gasteiger partial charge in [0.1, 0.15) is 48.8 Å². The molecule has 7 N–H and O–H groups in total. The zero-order valence-corrected chi connectivity index (χ0v) is 20.7. The molecule has 0 radical (unpaired) electrons. The van der Waals surface area contributed by atoms with Crippen molar-refractivity contribution in [3.8, 4) is 0 Å². The van der Waals surface area contributed by atoms with Crippen LogP contribution in [0.2, 0.25) is 0 Å². The summed E-state index contributed by atoms with van der Waals surface area (Å²) in [5.41, 5.74) is 0. The minimum atomic E-state index is -1.69. The van der Waals surface area contributed by atoms with Crippen molar-refractivity contribution in [2.24, 2.45) is 0 Å². The van der Waals surface area contributed by atoms with Crippen LogP contribution in [0, 0.1) is 0 Å². The summed E-state index contributed by atoms with van der Waals surface area (Å²) in [4.78, 5) is 0. The second kappa shape index (κ2) is 16.4. The van der Waals surface area contributed by atoms with E-state index >= 15 is 0 Å². The fourth-order valence-electron chi connectivity index (χ4n) is 4.48. The summed E-state index contributed by atoms with van der Waals surface area (Å²) < 4.78 is 22.0. The third kappa shape index (κ3) is 9.11. The van der Waals surface area contributed by atoms with E-state index in [4.69, 9.17) is 18.9 Å². The lowest BCUT2D eigenvalue weighted by molar-refractivity contribution is -0.359. The van der Waals surface area contributed by atoms with Gasteiger partial charge in [0.2, 0.25) is 0 Å². The van der Waals surface area contributed by atoms with Crippen LogP contribution in [0.5, 0.6) is 0 Å². The van der Waals surface area contributed by atoms with Crippen molar-refractivity contribution in [3.05, 3.63) is 0 Å². The first-order valence-electron chi connectivity index (χ1n) is 13.1. The molecular weight excluding hydrogens is 464 g/mol. The van der Waals surface area contributed by atoms with Gasteiger partial charge in [-0.25, -0.2) is 0 Å². The summed E-state index contributed by atoms with van der Waals surface area (Å²) in [7, 11) is 0. The van der Waals surface area contributed by atoms with Crippen molar-refractivity contribution in [1.29, 1.82) is 0 Å². The molecule has 2 saturated heterocycles. The highest BCUT2D eigenvalue weighted by atomic mass is 16.7. The molecule has 0 aromatic heterocycles. The molecule has 11 heteroatoms. The molecular formula is C24H46O11. The predicted molar refractivity (Wildman–Crippen MR) is 124 cm³/mol. The molecule has 0 saturated carbocycles. The fourth-order valence-corrected chi connectivity index (χ4v) is 4.48. The number of hydrogen-bond donors (Lipinski definition) is 7. The maximum atomic E-state index is 10.6. The van der Waals surface area contributed by atoms with Crippen molar-refractivity contribution < 1.29 is 54.7 Å². The molecule has 0 aromatic carbocycles. The van der Waals surface area contributed by atoms with Gasteiger partial charge in [-0.2, -0.15) is 0 Å². The van der Waals surface area contributed by atoms with Gasteiger partial charge in [0.25, 0.3) is 0 Å². The molecule has 10 atom stereocenters. The summed E-state index contributed by atoms with van der Waals surface area (Å²) in [6.45, 7) is 1.31. The van der Waals surface area contributed by atoms with Gasteiger partial charge in [-0.05, 0) is 6.42 Å². The first kappa shape index (κ1) is 30.8. The highest BCUT2D eigenvalue weighted by molar-refractivity contribution is 4.94. The molecule has 2 aliphatic heterocycles. The SMILES string of the molecule is CCCCCCCCCCCCO[C@H]1OC(CO)[C@@H](O[C@H]2OC(CO)[C@@H](O)[C@@H](O)C2O)[C@@H](O)C1O. The summed E-state index contributed by atoms with van der Waals surface area (Å²) in [5, 5.41) is 70.1. The second-order valence-corrected chi connectivity index (χ2v) is 9.56. The Bertz CT molecular complexity index is 550. The first-order chi connectivity index (χ1) is 16.8. The molecule has 2 heterocycles. The van der Waals surface area contributed by atoms with Crippen LogP contribution >= 0.6 is 0 Å². The van der Waals surface area contributed by atoms with Crippen LogP contribution in [0.25, 0.3) is 0 Å². The minimum Gasteiger partial charge on any atom is -0.394 e. The molecule has 0 aliphatic carbocycles. The molecule has 4 unspecified atom stereocenters. The Balaban J connectivity index is 1.74. The number of aliphatic hydroxyl groups is 7. The Morgan fingerprint density at radius 1 is 0.571 bits per heavy atom. The van der Waals surface area contributed by atoms with Crippen LogP contribution in [0.1, 0.15) is 71.1 Å². The van der Waals surface area contributed by atoms with E-state index in [2.05, 4.69) is 6.92 Å². The van der Waals surface area contributed by atoms with Crippen molar-refractivity contribution in [3.63, 3.8) is 0 Å². The van der Waals surface area contributed by atoms with Gasteiger partial charge in [0, 0.05) is 6.61 Å². The largest absolute Gasteiger partial charge is 0.394 e. The van der Waals surface area contributed by atoms with E-state index in [1.807, 2.05) is 0 Å². The van der Waals surface area contributed by atoms with Gasteiger partial charge in [0.15, 0.2) is 12.6 Å². The number of unbranched alkanes of at least 4 members (excludes halogenated alkanes) is 9. The topological polar surface area (TPSA) is 179 Å². The average molecular weight is 511 g/mol. The van der Waals surface area contributed by atoms with Gasteiger partial charge in [-0.1, -0.05) is 64.7 Å². The van der Waals surface area contributed by atoms with Crippen LogP contribution < -0.4 is 0 Å². The first-order valence-corrected chi connectivity index (χ1v) is 13.1. The molecule has 208 valence electrons. The van der Waals surface area contributed by atoms with Crippen molar-refractivity contribution in [1.82, 2.24) is 0 Å². The summed E-state index contributed by atoms with van der Waals surface area (Å²) in [6, 6.07) is 0. The number of rotatable bonds is 16. The molecule has 0 bridgehead atoms. The molecule has 35 heavy (non-hydrogen) atoms. The minimum absolute atomic E-state index is 0.321. The molecule has 2 aliphatic rings. The van der Waals surface area contributed by atoms with E-state index in [0.717, 1.165) is 19.3 Å². The van der Waals surface area contributed by atoms with Crippen LogP contribution in [-0.4, -0.2) is 117 Å². The van der Waals surface area contributed by atoms with E-state index in [-0.39, 0.29) is 0 Å². The van der Waals surface area contributed by atoms with Crippen molar-refractivity contribution in [2.75, 3.05) is 19.8 Å². The van der Waals surface area contributed by atoms with Crippen LogP contribution in [0.3, 0.4) is 0 Å². The highest BCUT2D eigenvalue weighted by Gasteiger charge is 2.50. The Hall–Kier alpha value is -0.440. The molecule has 0 aromatic rings. The lowest BCUT2D eigenvalue weighted by Crippen LogP contribution is -2.64. The van der Waals surface area contributed by atoms with E-state index in [0.29, 0.717) is 6.61 Å². The molecule has 11 nitrogen and oxygen atoms in total. The van der Waals surface area contributed by atoms with Gasteiger partial charge in [-0.3, -0.25) is 0 Å². The summed E-state index contributed by atoms with van der Waals surface area (Å²) >= 11 is 0. The molecule has 2 fully saturated rings. The van der Waals surface area contributed by atoms with Crippen LogP contribution in [-0.2, 0) is 18.9 Å². The van der Waals surface area contributed by atoms with Crippen LogP contribution in [0.4, 0.5) is 0 Å². The maximum Gasteiger partial charge on any atom is 0.187 e. The number of hydrogen-bond acceptors (Lipinski definition) is 11. The van der Waals surface area contributed by atoms with Crippen molar-refractivity contribution in [2.45, 2.75) is 133 Å². The Labute approximate surface area is 207 Å². The monoisotopic (exact) mass is 510 g/mol. The zero-order valence-electron chi connectivity index (χ0n) is 20.7. The second-order valence-electron chi connectivity index (χ2n) is 9.56. The zero-order chi connectivity index (χ0) is 25.8. The number of ether oxygens (including phenoxy) is 4. The molecule has 2 rings (SSSR count). The molecule has 0 spiro atoms. The third-order valence-electron chi connectivity index (χ3n) is 6.74. The average Bonchev–Trinajstić information content (AvgIpc) is 2.86. The fraction of sp³-hybridized carbons (Fsp3) is 1.00. The van der Waals surface area contributed by atoms with Gasteiger partial charge in [0.05, 0.1) is 13.2 Å². The standard InChI is InChI=1S/C24H46O11/c1-2-3-4-5-6-7-8-9-10-11-12-32-23-21(31)19(29)22(16(14-26)34-23)35-24-20(30)18(28)17(27)15(13-25)33-24/h15-31H,2-14H2,1H3/t15?,16?,17-,18-,19+,20?,21?,22-,23+,24-/m1/s1.